The summed E-state index contributed by atoms with van der Waals surface area (Å²) in [7, 11) is 0. The fourth-order valence-corrected chi connectivity index (χ4v) is 3.26. The van der Waals surface area contributed by atoms with Crippen LogP contribution in [0.1, 0.15) is 46.5 Å². The lowest BCUT2D eigenvalue weighted by molar-refractivity contribution is -0.120. The van der Waals surface area contributed by atoms with Crippen LogP contribution in [0.2, 0.25) is 0 Å². The van der Waals surface area contributed by atoms with Crippen LogP contribution < -0.4 is 5.32 Å². The fraction of sp³-hybridized carbons (Fsp3) is 0.923. The molecule has 2 heterocycles. The number of nitrogens with one attached hydrogen (secondary N) is 1. The van der Waals surface area contributed by atoms with Crippen molar-refractivity contribution in [3.8, 4) is 0 Å². The van der Waals surface area contributed by atoms with Crippen LogP contribution in [-0.2, 0) is 9.53 Å². The van der Waals surface area contributed by atoms with Crippen LogP contribution in [0.3, 0.4) is 0 Å². The van der Waals surface area contributed by atoms with E-state index >= 15 is 0 Å². The van der Waals surface area contributed by atoms with E-state index < -0.39 is 0 Å². The molecule has 1 N–H and O–H groups in total. The molecule has 1 spiro atoms. The second-order valence-electron chi connectivity index (χ2n) is 5.67. The number of ether oxygens (including phenoxy) is 1. The summed E-state index contributed by atoms with van der Waals surface area (Å²) in [6, 6.07) is 0.366. The smallest absolute Gasteiger partial charge is 0.220 e. The first kappa shape index (κ1) is 11.9. The Kier molecular flexibility index (Phi) is 3.24. The first-order valence-corrected chi connectivity index (χ1v) is 6.48. The van der Waals surface area contributed by atoms with E-state index in [4.69, 9.17) is 4.74 Å². The van der Waals surface area contributed by atoms with E-state index in [1.807, 2.05) is 0 Å². The normalized spacial score (nSPS) is 39.4. The molecule has 0 aromatic heterocycles. The second-order valence-corrected chi connectivity index (χ2v) is 5.67. The minimum atomic E-state index is 0.180. The Morgan fingerprint density at radius 2 is 2.31 bits per heavy atom. The van der Waals surface area contributed by atoms with Crippen molar-refractivity contribution in [1.29, 1.82) is 0 Å². The number of hydrogen-bond acceptors (Lipinski definition) is 2. The van der Waals surface area contributed by atoms with E-state index in [0.717, 1.165) is 25.9 Å². The van der Waals surface area contributed by atoms with Gasteiger partial charge < -0.3 is 10.1 Å². The lowest BCUT2D eigenvalue weighted by Gasteiger charge is -2.42. The van der Waals surface area contributed by atoms with Crippen LogP contribution in [-0.4, -0.2) is 24.7 Å². The molecule has 0 radical (unpaired) electrons. The van der Waals surface area contributed by atoms with Crippen molar-refractivity contribution in [1.82, 2.24) is 5.32 Å². The summed E-state index contributed by atoms with van der Waals surface area (Å²) < 4.78 is 5.82. The molecule has 2 aliphatic heterocycles. The molecule has 3 unspecified atom stereocenters. The maximum absolute atomic E-state index is 11.6. The Labute approximate surface area is 97.9 Å². The number of carbonyl (C=O) groups excluding carboxylic acids is 1. The van der Waals surface area contributed by atoms with E-state index in [1.165, 1.54) is 0 Å². The van der Waals surface area contributed by atoms with Crippen molar-refractivity contribution in [2.75, 3.05) is 6.61 Å². The molecule has 2 rings (SSSR count). The molecule has 16 heavy (non-hydrogen) atoms. The van der Waals surface area contributed by atoms with Crippen LogP contribution in [0.5, 0.6) is 0 Å². The third-order valence-corrected chi connectivity index (χ3v) is 4.28. The molecule has 0 aliphatic carbocycles. The molecule has 3 nitrogen and oxygen atoms in total. The number of carbonyl (C=O) groups is 1. The fourth-order valence-electron chi connectivity index (χ4n) is 3.26. The van der Waals surface area contributed by atoms with E-state index in [0.29, 0.717) is 24.5 Å². The molecule has 0 saturated carbocycles. The van der Waals surface area contributed by atoms with Crippen molar-refractivity contribution in [2.24, 2.45) is 11.3 Å². The molecular formula is C13H23NO2. The van der Waals surface area contributed by atoms with Gasteiger partial charge in [0, 0.05) is 24.5 Å². The summed E-state index contributed by atoms with van der Waals surface area (Å²) in [5.74, 6) is 0.779. The Morgan fingerprint density at radius 1 is 1.56 bits per heavy atom. The van der Waals surface area contributed by atoms with E-state index in [2.05, 4.69) is 26.1 Å². The SMILES string of the molecule is CCC1NC(=O)CC12CCOC(C(C)C)C2. The average Bonchev–Trinajstić information content (AvgIpc) is 2.54. The van der Waals surface area contributed by atoms with E-state index in [9.17, 15) is 4.79 Å². The van der Waals surface area contributed by atoms with Gasteiger partial charge >= 0.3 is 0 Å². The van der Waals surface area contributed by atoms with Crippen LogP contribution in [0, 0.1) is 11.3 Å². The van der Waals surface area contributed by atoms with Gasteiger partial charge in [-0.3, -0.25) is 4.79 Å². The molecular weight excluding hydrogens is 202 g/mol. The minimum Gasteiger partial charge on any atom is -0.378 e. The second kappa shape index (κ2) is 4.36. The molecule has 0 aromatic rings. The highest BCUT2D eigenvalue weighted by Crippen LogP contribution is 2.45. The average molecular weight is 225 g/mol. The first-order chi connectivity index (χ1) is 7.57. The van der Waals surface area contributed by atoms with Crippen LogP contribution in [0.25, 0.3) is 0 Å². The lowest BCUT2D eigenvalue weighted by atomic mass is 9.70. The van der Waals surface area contributed by atoms with E-state index in [-0.39, 0.29) is 11.3 Å². The molecule has 92 valence electrons. The molecule has 1 amide bonds. The van der Waals surface area contributed by atoms with Crippen molar-refractivity contribution in [3.63, 3.8) is 0 Å². The molecule has 2 aliphatic rings. The van der Waals surface area contributed by atoms with Crippen molar-refractivity contribution in [3.05, 3.63) is 0 Å². The zero-order valence-corrected chi connectivity index (χ0v) is 10.6. The molecule has 0 aromatic carbocycles. The van der Waals surface area contributed by atoms with Gasteiger partial charge in [0.15, 0.2) is 0 Å². The van der Waals surface area contributed by atoms with Gasteiger partial charge in [-0.2, -0.15) is 0 Å². The van der Waals surface area contributed by atoms with Crippen molar-refractivity contribution in [2.45, 2.75) is 58.6 Å². The monoisotopic (exact) mass is 225 g/mol. The third kappa shape index (κ3) is 1.97. The van der Waals surface area contributed by atoms with Gasteiger partial charge in [-0.15, -0.1) is 0 Å². The highest BCUT2D eigenvalue weighted by Gasteiger charge is 2.49. The molecule has 0 bridgehead atoms. The highest BCUT2D eigenvalue weighted by atomic mass is 16.5. The summed E-state index contributed by atoms with van der Waals surface area (Å²) in [5.41, 5.74) is 0.180. The van der Waals surface area contributed by atoms with Crippen LogP contribution in [0.4, 0.5) is 0 Å². The predicted molar refractivity (Wildman–Crippen MR) is 63.1 cm³/mol. The van der Waals surface area contributed by atoms with E-state index in [1.54, 1.807) is 0 Å². The van der Waals surface area contributed by atoms with Crippen LogP contribution >= 0.6 is 0 Å². The van der Waals surface area contributed by atoms with Gasteiger partial charge in [0.1, 0.15) is 0 Å². The van der Waals surface area contributed by atoms with Gasteiger partial charge in [0.05, 0.1) is 6.10 Å². The molecule has 3 atom stereocenters. The van der Waals surface area contributed by atoms with Gasteiger partial charge in [-0.1, -0.05) is 20.8 Å². The van der Waals surface area contributed by atoms with Gasteiger partial charge in [0.2, 0.25) is 5.91 Å². The Hall–Kier alpha value is -0.570. The van der Waals surface area contributed by atoms with Gasteiger partial charge in [-0.05, 0) is 25.2 Å². The summed E-state index contributed by atoms with van der Waals surface area (Å²) >= 11 is 0. The van der Waals surface area contributed by atoms with Gasteiger partial charge in [0.25, 0.3) is 0 Å². The van der Waals surface area contributed by atoms with Crippen molar-refractivity contribution >= 4 is 5.91 Å². The van der Waals surface area contributed by atoms with Crippen molar-refractivity contribution < 1.29 is 9.53 Å². The third-order valence-electron chi connectivity index (χ3n) is 4.28. The lowest BCUT2D eigenvalue weighted by Crippen LogP contribution is -2.45. The zero-order valence-electron chi connectivity index (χ0n) is 10.6. The Bertz CT molecular complexity index is 277. The largest absolute Gasteiger partial charge is 0.378 e. The molecule has 3 heteroatoms. The van der Waals surface area contributed by atoms with Gasteiger partial charge in [-0.25, -0.2) is 0 Å². The summed E-state index contributed by atoms with van der Waals surface area (Å²) in [6.07, 6.45) is 4.15. The minimum absolute atomic E-state index is 0.180. The summed E-state index contributed by atoms with van der Waals surface area (Å²) in [5, 5.41) is 3.13. The molecule has 2 saturated heterocycles. The standard InChI is InChI=1S/C13H23NO2/c1-4-11-13(8-12(15)14-11)5-6-16-10(7-13)9(2)3/h9-11H,4-8H2,1-3H3,(H,14,15). The molecule has 2 fully saturated rings. The quantitative estimate of drug-likeness (QED) is 0.781. The Morgan fingerprint density at radius 3 is 2.94 bits per heavy atom. The van der Waals surface area contributed by atoms with Crippen LogP contribution in [0.15, 0.2) is 0 Å². The number of rotatable bonds is 2. The zero-order chi connectivity index (χ0) is 11.8. The Balaban J connectivity index is 2.14. The maximum Gasteiger partial charge on any atom is 0.220 e. The topological polar surface area (TPSA) is 38.3 Å². The predicted octanol–water partition coefficient (Wildman–Crippen LogP) is 2.11. The number of hydrogen-bond donors (Lipinski definition) is 1. The number of amides is 1. The summed E-state index contributed by atoms with van der Waals surface area (Å²) in [4.78, 5) is 11.6. The highest BCUT2D eigenvalue weighted by molar-refractivity contribution is 5.80. The summed E-state index contributed by atoms with van der Waals surface area (Å²) in [6.45, 7) is 7.38. The first-order valence-electron chi connectivity index (χ1n) is 6.48. The maximum atomic E-state index is 11.6.